The van der Waals surface area contributed by atoms with Crippen molar-refractivity contribution in [3.8, 4) is 0 Å². The van der Waals surface area contributed by atoms with E-state index < -0.39 is 14.6 Å². The van der Waals surface area contributed by atoms with Crippen LogP contribution in [0.1, 0.15) is 65.4 Å². The van der Waals surface area contributed by atoms with E-state index in [2.05, 4.69) is 19.1 Å². The number of sulfone groups is 1. The predicted molar refractivity (Wildman–Crippen MR) is 110 cm³/mol. The SMILES string of the molecule is Cc1c(CC(=O)c2ccc(CS(=O)(=O)C(C)(C)C)cc2)ccc2c1CCC2. The number of carbonyl (C=O) groups is 1. The molecule has 0 N–H and O–H groups in total. The third-order valence-electron chi connectivity index (χ3n) is 5.60. The average Bonchev–Trinajstić information content (AvgIpc) is 3.06. The van der Waals surface area contributed by atoms with Crippen molar-refractivity contribution < 1.29 is 13.2 Å². The van der Waals surface area contributed by atoms with Crippen LogP contribution in [0.3, 0.4) is 0 Å². The second-order valence-electron chi connectivity index (χ2n) is 8.51. The molecule has 0 saturated carbocycles. The van der Waals surface area contributed by atoms with E-state index in [1.807, 2.05) is 0 Å². The number of fused-ring (bicyclic) bond motifs is 1. The summed E-state index contributed by atoms with van der Waals surface area (Å²) in [4.78, 5) is 12.7. The number of hydrogen-bond donors (Lipinski definition) is 0. The van der Waals surface area contributed by atoms with E-state index >= 15 is 0 Å². The number of aryl methyl sites for hydroxylation is 1. The van der Waals surface area contributed by atoms with Crippen molar-refractivity contribution in [1.82, 2.24) is 0 Å². The van der Waals surface area contributed by atoms with Crippen molar-refractivity contribution in [2.75, 3.05) is 0 Å². The minimum Gasteiger partial charge on any atom is -0.294 e. The summed E-state index contributed by atoms with van der Waals surface area (Å²) in [6, 6.07) is 11.3. The lowest BCUT2D eigenvalue weighted by atomic mass is 9.94. The van der Waals surface area contributed by atoms with E-state index in [4.69, 9.17) is 0 Å². The largest absolute Gasteiger partial charge is 0.294 e. The van der Waals surface area contributed by atoms with Crippen LogP contribution in [-0.4, -0.2) is 18.9 Å². The number of hydrogen-bond acceptors (Lipinski definition) is 3. The molecule has 0 bridgehead atoms. The third kappa shape index (κ3) is 4.16. The third-order valence-corrected chi connectivity index (χ3v) is 8.18. The summed E-state index contributed by atoms with van der Waals surface area (Å²) >= 11 is 0. The van der Waals surface area contributed by atoms with Gasteiger partial charge in [0.25, 0.3) is 0 Å². The first-order valence-electron chi connectivity index (χ1n) is 9.53. The van der Waals surface area contributed by atoms with Crippen molar-refractivity contribution in [3.63, 3.8) is 0 Å². The fourth-order valence-electron chi connectivity index (χ4n) is 3.59. The molecule has 0 atom stereocenters. The van der Waals surface area contributed by atoms with Gasteiger partial charge in [-0.3, -0.25) is 4.79 Å². The maximum Gasteiger partial charge on any atom is 0.167 e. The lowest BCUT2D eigenvalue weighted by Gasteiger charge is -2.19. The molecule has 0 heterocycles. The summed E-state index contributed by atoms with van der Waals surface area (Å²) in [6.07, 6.45) is 3.84. The van der Waals surface area contributed by atoms with E-state index in [1.165, 1.54) is 23.1 Å². The second-order valence-corrected chi connectivity index (χ2v) is 11.3. The van der Waals surface area contributed by atoms with Gasteiger partial charge in [-0.15, -0.1) is 0 Å². The summed E-state index contributed by atoms with van der Waals surface area (Å²) in [5.41, 5.74) is 6.55. The summed E-state index contributed by atoms with van der Waals surface area (Å²) < 4.78 is 23.9. The van der Waals surface area contributed by atoms with Gasteiger partial charge in [0.1, 0.15) is 0 Å². The van der Waals surface area contributed by atoms with Gasteiger partial charge in [-0.25, -0.2) is 8.42 Å². The van der Waals surface area contributed by atoms with Gasteiger partial charge >= 0.3 is 0 Å². The number of rotatable bonds is 5. The van der Waals surface area contributed by atoms with E-state index in [-0.39, 0.29) is 11.5 Å². The van der Waals surface area contributed by atoms with Crippen molar-refractivity contribution in [3.05, 3.63) is 69.8 Å². The van der Waals surface area contributed by atoms with Crippen LogP contribution in [0.2, 0.25) is 0 Å². The molecule has 3 nitrogen and oxygen atoms in total. The van der Waals surface area contributed by atoms with Crippen LogP contribution in [0.5, 0.6) is 0 Å². The highest BCUT2D eigenvalue weighted by Crippen LogP contribution is 2.28. The Morgan fingerprint density at radius 1 is 1.00 bits per heavy atom. The van der Waals surface area contributed by atoms with Gasteiger partial charge in [0, 0.05) is 12.0 Å². The van der Waals surface area contributed by atoms with E-state index in [0.717, 1.165) is 24.0 Å². The molecule has 0 radical (unpaired) electrons. The molecule has 2 aromatic rings. The standard InChI is InChI=1S/C23H28O3S/c1-16-20(13-12-18-6-5-7-21(16)18)14-22(24)19-10-8-17(9-11-19)15-27(25,26)23(2,3)4/h8-13H,5-7,14-15H2,1-4H3. The van der Waals surface area contributed by atoms with Crippen molar-refractivity contribution >= 4 is 15.6 Å². The molecule has 0 saturated heterocycles. The fraction of sp³-hybridized carbons (Fsp3) is 0.435. The van der Waals surface area contributed by atoms with Gasteiger partial charge in [0.05, 0.1) is 10.5 Å². The predicted octanol–water partition coefficient (Wildman–Crippen LogP) is 4.62. The van der Waals surface area contributed by atoms with Gasteiger partial charge in [0.2, 0.25) is 0 Å². The highest BCUT2D eigenvalue weighted by Gasteiger charge is 2.29. The van der Waals surface area contributed by atoms with Crippen molar-refractivity contribution in [2.45, 2.75) is 63.9 Å². The number of ketones is 1. The molecule has 0 unspecified atom stereocenters. The number of Topliss-reactive ketones (excluding diaryl/α,β-unsaturated/α-hetero) is 1. The van der Waals surface area contributed by atoms with Crippen molar-refractivity contribution in [2.24, 2.45) is 0 Å². The average molecular weight is 385 g/mol. The smallest absolute Gasteiger partial charge is 0.167 e. The molecule has 0 spiro atoms. The zero-order chi connectivity index (χ0) is 19.8. The zero-order valence-electron chi connectivity index (χ0n) is 16.6. The van der Waals surface area contributed by atoms with Gasteiger partial charge in [-0.1, -0.05) is 36.4 Å². The first-order chi connectivity index (χ1) is 12.6. The van der Waals surface area contributed by atoms with Crippen LogP contribution in [0.15, 0.2) is 36.4 Å². The molecule has 4 heteroatoms. The Kier molecular flexibility index (Phi) is 5.31. The molecule has 27 heavy (non-hydrogen) atoms. The van der Waals surface area contributed by atoms with Gasteiger partial charge in [-0.2, -0.15) is 0 Å². The fourth-order valence-corrected chi connectivity index (χ4v) is 4.65. The van der Waals surface area contributed by atoms with Gasteiger partial charge in [-0.05, 0) is 74.8 Å². The van der Waals surface area contributed by atoms with Gasteiger partial charge < -0.3 is 0 Å². The number of carbonyl (C=O) groups excluding carboxylic acids is 1. The van der Waals surface area contributed by atoms with E-state index in [9.17, 15) is 13.2 Å². The molecule has 0 amide bonds. The van der Waals surface area contributed by atoms with Gasteiger partial charge in [0.15, 0.2) is 15.6 Å². The van der Waals surface area contributed by atoms with Crippen molar-refractivity contribution in [1.29, 1.82) is 0 Å². The minimum absolute atomic E-state index is 0.00506. The summed E-state index contributed by atoms with van der Waals surface area (Å²) in [5, 5.41) is 0. The Balaban J connectivity index is 1.74. The normalized spacial score (nSPS) is 14.2. The van der Waals surface area contributed by atoms with Crippen LogP contribution in [-0.2, 0) is 34.9 Å². The topological polar surface area (TPSA) is 51.2 Å². The first-order valence-corrected chi connectivity index (χ1v) is 11.2. The lowest BCUT2D eigenvalue weighted by Crippen LogP contribution is -2.29. The summed E-state index contributed by atoms with van der Waals surface area (Å²) in [7, 11) is -3.23. The maximum absolute atomic E-state index is 12.7. The molecule has 0 aromatic heterocycles. The van der Waals surface area contributed by atoms with Crippen LogP contribution in [0, 0.1) is 6.92 Å². The monoisotopic (exact) mass is 384 g/mol. The molecule has 2 aromatic carbocycles. The molecule has 1 aliphatic carbocycles. The molecule has 144 valence electrons. The minimum atomic E-state index is -3.23. The highest BCUT2D eigenvalue weighted by atomic mass is 32.2. The number of benzene rings is 2. The van der Waals surface area contributed by atoms with Crippen LogP contribution in [0.4, 0.5) is 0 Å². The van der Waals surface area contributed by atoms with Crippen LogP contribution >= 0.6 is 0 Å². The summed E-state index contributed by atoms with van der Waals surface area (Å²) in [5.74, 6) is 0.0656. The van der Waals surface area contributed by atoms with Crippen LogP contribution < -0.4 is 0 Å². The van der Waals surface area contributed by atoms with E-state index in [0.29, 0.717) is 12.0 Å². The molecular formula is C23H28O3S. The Labute approximate surface area is 162 Å². The van der Waals surface area contributed by atoms with Crippen LogP contribution in [0.25, 0.3) is 0 Å². The Hall–Kier alpha value is -1.94. The summed E-state index contributed by atoms with van der Waals surface area (Å²) in [6.45, 7) is 7.24. The Morgan fingerprint density at radius 2 is 1.67 bits per heavy atom. The quantitative estimate of drug-likeness (QED) is 0.707. The first kappa shape index (κ1) is 19.8. The highest BCUT2D eigenvalue weighted by molar-refractivity contribution is 7.91. The molecule has 0 aliphatic heterocycles. The Bertz CT molecular complexity index is 962. The zero-order valence-corrected chi connectivity index (χ0v) is 17.4. The molecule has 1 aliphatic rings. The molecule has 0 fully saturated rings. The molecular weight excluding hydrogens is 356 g/mol. The lowest BCUT2D eigenvalue weighted by molar-refractivity contribution is 0.0992. The van der Waals surface area contributed by atoms with E-state index in [1.54, 1.807) is 45.0 Å². The second kappa shape index (κ2) is 7.23. The molecule has 3 rings (SSSR count). The Morgan fingerprint density at radius 3 is 2.30 bits per heavy atom. The maximum atomic E-state index is 12.7.